The van der Waals surface area contributed by atoms with E-state index in [0.29, 0.717) is 42.0 Å². The smallest absolute Gasteiger partial charge is 0.227 e. The molecular formula is C24H28Cl2N6O2. The van der Waals surface area contributed by atoms with Gasteiger partial charge < -0.3 is 15.2 Å². The minimum Gasteiger partial charge on any atom is -0.389 e. The van der Waals surface area contributed by atoms with Crippen LogP contribution in [0, 0.1) is 0 Å². The summed E-state index contributed by atoms with van der Waals surface area (Å²) < 4.78 is 7.39. The van der Waals surface area contributed by atoms with Crippen molar-refractivity contribution < 1.29 is 9.84 Å². The summed E-state index contributed by atoms with van der Waals surface area (Å²) in [6.07, 6.45) is 7.24. The van der Waals surface area contributed by atoms with Crippen molar-refractivity contribution in [2.24, 2.45) is 0 Å². The monoisotopic (exact) mass is 502 g/mol. The topological polar surface area (TPSA) is 88.3 Å². The largest absolute Gasteiger partial charge is 0.389 e. The fourth-order valence-corrected chi connectivity index (χ4v) is 5.83. The van der Waals surface area contributed by atoms with E-state index >= 15 is 0 Å². The molecule has 2 saturated heterocycles. The van der Waals surface area contributed by atoms with Gasteiger partial charge in [0.05, 0.1) is 48.3 Å². The summed E-state index contributed by atoms with van der Waals surface area (Å²) in [7, 11) is 0. The third-order valence-corrected chi connectivity index (χ3v) is 8.32. The van der Waals surface area contributed by atoms with Gasteiger partial charge in [0.15, 0.2) is 5.15 Å². The van der Waals surface area contributed by atoms with Crippen molar-refractivity contribution in [2.45, 2.75) is 56.2 Å². The van der Waals surface area contributed by atoms with Gasteiger partial charge >= 0.3 is 0 Å². The molecule has 34 heavy (non-hydrogen) atoms. The number of hydrogen-bond acceptors (Lipinski definition) is 7. The zero-order valence-electron chi connectivity index (χ0n) is 19.0. The van der Waals surface area contributed by atoms with Crippen LogP contribution in [0.4, 0.5) is 11.6 Å². The minimum atomic E-state index is -0.444. The van der Waals surface area contributed by atoms with Crippen molar-refractivity contribution in [1.82, 2.24) is 24.6 Å². The maximum absolute atomic E-state index is 10.4. The summed E-state index contributed by atoms with van der Waals surface area (Å²) >= 11 is 13.2. The number of aliphatic hydroxyl groups excluding tert-OH is 1. The molecule has 0 bridgehead atoms. The maximum Gasteiger partial charge on any atom is 0.227 e. The van der Waals surface area contributed by atoms with Crippen molar-refractivity contribution in [2.75, 3.05) is 31.6 Å². The van der Waals surface area contributed by atoms with Crippen LogP contribution < -0.4 is 5.32 Å². The molecular weight excluding hydrogens is 475 g/mol. The number of likely N-dealkylation sites (tertiary alicyclic amines) is 1. The van der Waals surface area contributed by atoms with Crippen molar-refractivity contribution >= 4 is 45.7 Å². The molecule has 3 aromatic rings. The molecule has 0 spiro atoms. The number of fused-ring (bicyclic) bond motifs is 1. The molecule has 3 aliphatic rings. The van der Waals surface area contributed by atoms with E-state index in [-0.39, 0.29) is 5.54 Å². The van der Waals surface area contributed by atoms with E-state index < -0.39 is 6.10 Å². The molecule has 2 atom stereocenters. The molecule has 8 nitrogen and oxygen atoms in total. The average molecular weight is 503 g/mol. The van der Waals surface area contributed by atoms with Gasteiger partial charge in [0.2, 0.25) is 5.95 Å². The molecule has 0 radical (unpaired) electrons. The number of anilines is 2. The Bertz CT molecular complexity index is 1220. The lowest BCUT2D eigenvalue weighted by Crippen LogP contribution is -2.56. The van der Waals surface area contributed by atoms with Crippen LogP contribution in [0.25, 0.3) is 10.9 Å². The fraction of sp³-hybridized carbons (Fsp3) is 0.542. The van der Waals surface area contributed by atoms with E-state index in [4.69, 9.17) is 32.9 Å². The van der Waals surface area contributed by atoms with Gasteiger partial charge in [-0.1, -0.05) is 23.2 Å². The van der Waals surface area contributed by atoms with E-state index in [1.165, 1.54) is 0 Å². The number of hydrogen-bond donors (Lipinski definition) is 2. The maximum atomic E-state index is 10.4. The number of halogens is 2. The first kappa shape index (κ1) is 22.5. The Hall–Kier alpha value is -1.97. The average Bonchev–Trinajstić information content (AvgIpc) is 3.54. The van der Waals surface area contributed by atoms with Gasteiger partial charge in [-0.2, -0.15) is 5.10 Å². The Labute approximate surface area is 208 Å². The quantitative estimate of drug-likeness (QED) is 0.529. The molecule has 4 heterocycles. The summed E-state index contributed by atoms with van der Waals surface area (Å²) in [5.41, 5.74) is 2.37. The number of rotatable bonds is 5. The highest BCUT2D eigenvalue weighted by Crippen LogP contribution is 2.40. The Morgan fingerprint density at radius 2 is 1.94 bits per heavy atom. The highest BCUT2D eigenvalue weighted by molar-refractivity contribution is 6.32. The first-order valence-electron chi connectivity index (χ1n) is 11.9. The Morgan fingerprint density at radius 1 is 1.15 bits per heavy atom. The second-order valence-electron chi connectivity index (χ2n) is 9.93. The summed E-state index contributed by atoms with van der Waals surface area (Å²) in [6, 6.07) is 4.45. The lowest BCUT2D eigenvalue weighted by molar-refractivity contribution is -0.00211. The number of piperidine rings is 1. The normalized spacial score (nSPS) is 26.4. The Balaban J connectivity index is 1.21. The van der Waals surface area contributed by atoms with Gasteiger partial charge in [-0.05, 0) is 69.3 Å². The molecule has 2 aromatic heterocycles. The van der Waals surface area contributed by atoms with Crippen LogP contribution in [0.2, 0.25) is 10.2 Å². The highest BCUT2D eigenvalue weighted by atomic mass is 35.5. The number of nitrogens with zero attached hydrogens (tertiary/aromatic N) is 5. The Morgan fingerprint density at radius 3 is 2.65 bits per heavy atom. The molecule has 2 aliphatic heterocycles. The predicted molar refractivity (Wildman–Crippen MR) is 132 cm³/mol. The Kier molecular flexibility index (Phi) is 5.69. The van der Waals surface area contributed by atoms with Crippen LogP contribution >= 0.6 is 23.2 Å². The summed E-state index contributed by atoms with van der Waals surface area (Å²) in [4.78, 5) is 11.6. The summed E-state index contributed by atoms with van der Waals surface area (Å²) in [5, 5.41) is 20.2. The van der Waals surface area contributed by atoms with Gasteiger partial charge in [-0.25, -0.2) is 14.6 Å². The summed E-state index contributed by atoms with van der Waals surface area (Å²) in [6.45, 7) is 4.88. The van der Waals surface area contributed by atoms with Gasteiger partial charge in [-0.15, -0.1) is 0 Å². The lowest BCUT2D eigenvalue weighted by Gasteiger charge is -2.43. The second-order valence-corrected chi connectivity index (χ2v) is 10.7. The molecule has 0 amide bonds. The summed E-state index contributed by atoms with van der Waals surface area (Å²) in [5.74, 6) is 0.824. The standard InChI is InChI=1S/C24H28Cl2N6O2/c1-24(13-34-12-21(24)33)31-6-4-14(5-7-31)17-9-19-15(8-18(17)25)10-27-23(29-19)30-20-11-28-32(22(20)26)16-2-3-16/h8-11,14,16,21,33H,2-7,12-13H2,1H3,(H,27,29,30)/t21-,24+/m1/s1. The van der Waals surface area contributed by atoms with E-state index in [1.54, 1.807) is 12.4 Å². The van der Waals surface area contributed by atoms with Gasteiger partial charge in [0.25, 0.3) is 0 Å². The molecule has 1 saturated carbocycles. The van der Waals surface area contributed by atoms with Crippen LogP contribution in [0.15, 0.2) is 24.5 Å². The van der Waals surface area contributed by atoms with E-state index in [9.17, 15) is 5.11 Å². The molecule has 1 aromatic carbocycles. The molecule has 1 aliphatic carbocycles. The number of ether oxygens (including phenoxy) is 1. The lowest BCUT2D eigenvalue weighted by atomic mass is 9.85. The number of benzene rings is 1. The molecule has 10 heteroatoms. The third kappa shape index (κ3) is 3.95. The molecule has 6 rings (SSSR count). The first-order valence-corrected chi connectivity index (χ1v) is 12.6. The zero-order chi connectivity index (χ0) is 23.4. The molecule has 180 valence electrons. The fourth-order valence-electron chi connectivity index (χ4n) is 5.22. The van der Waals surface area contributed by atoms with Crippen molar-refractivity contribution in [3.63, 3.8) is 0 Å². The third-order valence-electron chi connectivity index (χ3n) is 7.62. The molecule has 0 unspecified atom stereocenters. The predicted octanol–water partition coefficient (Wildman–Crippen LogP) is 4.54. The zero-order valence-corrected chi connectivity index (χ0v) is 20.6. The van der Waals surface area contributed by atoms with Crippen LogP contribution in [0.5, 0.6) is 0 Å². The van der Waals surface area contributed by atoms with Crippen LogP contribution in [-0.4, -0.2) is 67.7 Å². The van der Waals surface area contributed by atoms with Crippen LogP contribution in [0.3, 0.4) is 0 Å². The minimum absolute atomic E-state index is 0.305. The first-order chi connectivity index (χ1) is 16.4. The van der Waals surface area contributed by atoms with Gasteiger partial charge in [0.1, 0.15) is 0 Å². The number of nitrogens with one attached hydrogen (secondary N) is 1. The van der Waals surface area contributed by atoms with E-state index in [1.807, 2.05) is 10.7 Å². The van der Waals surface area contributed by atoms with Crippen LogP contribution in [-0.2, 0) is 4.74 Å². The number of aliphatic hydroxyl groups is 1. The van der Waals surface area contributed by atoms with E-state index in [0.717, 1.165) is 60.3 Å². The SMILES string of the molecule is C[C@]1(N2CCC(c3cc4nc(Nc5cnn(C6CC6)c5Cl)ncc4cc3Cl)CC2)COC[C@H]1O. The molecule has 2 N–H and O–H groups in total. The van der Waals surface area contributed by atoms with Crippen molar-refractivity contribution in [3.8, 4) is 0 Å². The van der Waals surface area contributed by atoms with Crippen molar-refractivity contribution in [1.29, 1.82) is 0 Å². The number of aromatic nitrogens is 4. The highest BCUT2D eigenvalue weighted by Gasteiger charge is 2.45. The van der Waals surface area contributed by atoms with Crippen LogP contribution in [0.1, 0.15) is 50.1 Å². The van der Waals surface area contributed by atoms with Gasteiger partial charge in [0, 0.05) is 16.6 Å². The van der Waals surface area contributed by atoms with Gasteiger partial charge in [-0.3, -0.25) is 4.90 Å². The second kappa shape index (κ2) is 8.60. The van der Waals surface area contributed by atoms with E-state index in [2.05, 4.69) is 33.3 Å². The van der Waals surface area contributed by atoms with Crippen molar-refractivity contribution in [3.05, 3.63) is 40.3 Å². The molecule has 3 fully saturated rings.